The molecule has 6 heteroatoms. The van der Waals surface area contributed by atoms with Crippen LogP contribution in [0, 0.1) is 0 Å². The third kappa shape index (κ3) is 4.09. The van der Waals surface area contributed by atoms with Crippen molar-refractivity contribution in [1.82, 2.24) is 10.2 Å². The van der Waals surface area contributed by atoms with Crippen LogP contribution in [0.2, 0.25) is 0 Å². The summed E-state index contributed by atoms with van der Waals surface area (Å²) in [6, 6.07) is 3.96. The van der Waals surface area contributed by atoms with Crippen LogP contribution in [-0.4, -0.2) is 49.6 Å². The monoisotopic (exact) mass is 344 g/mol. The standard InChI is InChI=1S/C14H21BrN2O3/c1-14(18,8-17(2)3)7-16-6-10-4-11(15)13-12(5-10)19-9-20-13/h4-5,16,18H,6-9H2,1-3H3. The Morgan fingerprint density at radius 2 is 2.15 bits per heavy atom. The van der Waals surface area contributed by atoms with Crippen LogP contribution in [0.15, 0.2) is 16.6 Å². The molecule has 1 atom stereocenters. The third-order valence-corrected chi connectivity index (χ3v) is 3.57. The van der Waals surface area contributed by atoms with E-state index in [4.69, 9.17) is 9.47 Å². The van der Waals surface area contributed by atoms with Crippen LogP contribution < -0.4 is 14.8 Å². The number of nitrogens with one attached hydrogen (secondary N) is 1. The second-order valence-corrected chi connectivity index (χ2v) is 6.50. The smallest absolute Gasteiger partial charge is 0.231 e. The molecule has 0 aromatic heterocycles. The summed E-state index contributed by atoms with van der Waals surface area (Å²) in [5.74, 6) is 1.52. The van der Waals surface area contributed by atoms with Crippen molar-refractivity contribution in [3.05, 3.63) is 22.2 Å². The summed E-state index contributed by atoms with van der Waals surface area (Å²) in [6.45, 7) is 3.90. The lowest BCUT2D eigenvalue weighted by molar-refractivity contribution is 0.0336. The molecule has 1 heterocycles. The second kappa shape index (κ2) is 6.30. The Labute approximate surface area is 128 Å². The Kier molecular flexibility index (Phi) is 4.90. The molecule has 0 bridgehead atoms. The zero-order chi connectivity index (χ0) is 14.8. The van der Waals surface area contributed by atoms with E-state index >= 15 is 0 Å². The molecule has 5 nitrogen and oxygen atoms in total. The first-order valence-electron chi connectivity index (χ1n) is 6.53. The van der Waals surface area contributed by atoms with E-state index in [0.29, 0.717) is 19.6 Å². The number of benzene rings is 1. The fourth-order valence-electron chi connectivity index (χ4n) is 2.34. The number of rotatable bonds is 6. The van der Waals surface area contributed by atoms with Gasteiger partial charge >= 0.3 is 0 Å². The first-order valence-corrected chi connectivity index (χ1v) is 7.32. The summed E-state index contributed by atoms with van der Waals surface area (Å²) in [5, 5.41) is 13.5. The number of ether oxygens (including phenoxy) is 2. The normalized spacial score (nSPS) is 16.5. The first-order chi connectivity index (χ1) is 9.37. The molecule has 0 saturated carbocycles. The number of nitrogens with zero attached hydrogens (tertiary/aromatic N) is 1. The predicted octanol–water partition coefficient (Wildman–Crippen LogP) is 1.58. The van der Waals surface area contributed by atoms with Crippen molar-refractivity contribution in [1.29, 1.82) is 0 Å². The molecule has 0 spiro atoms. The van der Waals surface area contributed by atoms with Crippen molar-refractivity contribution in [3.8, 4) is 11.5 Å². The molecule has 20 heavy (non-hydrogen) atoms. The number of halogens is 1. The number of hydrogen-bond donors (Lipinski definition) is 2. The van der Waals surface area contributed by atoms with Gasteiger partial charge in [0.05, 0.1) is 10.1 Å². The van der Waals surface area contributed by atoms with E-state index in [-0.39, 0.29) is 6.79 Å². The van der Waals surface area contributed by atoms with Crippen LogP contribution in [0.25, 0.3) is 0 Å². The summed E-state index contributed by atoms with van der Waals surface area (Å²) in [5.41, 5.74) is 0.332. The summed E-state index contributed by atoms with van der Waals surface area (Å²) >= 11 is 3.47. The van der Waals surface area contributed by atoms with Crippen LogP contribution in [-0.2, 0) is 6.54 Å². The molecule has 1 aliphatic rings. The van der Waals surface area contributed by atoms with Crippen LogP contribution in [0.5, 0.6) is 11.5 Å². The summed E-state index contributed by atoms with van der Waals surface area (Å²) < 4.78 is 11.6. The molecule has 1 aromatic carbocycles. The lowest BCUT2D eigenvalue weighted by Gasteiger charge is -2.27. The molecule has 1 aromatic rings. The molecule has 2 N–H and O–H groups in total. The van der Waals surface area contributed by atoms with Crippen molar-refractivity contribution < 1.29 is 14.6 Å². The lowest BCUT2D eigenvalue weighted by Crippen LogP contribution is -2.45. The fraction of sp³-hybridized carbons (Fsp3) is 0.571. The van der Waals surface area contributed by atoms with Gasteiger partial charge in [0.1, 0.15) is 0 Å². The van der Waals surface area contributed by atoms with Crippen molar-refractivity contribution in [2.45, 2.75) is 19.1 Å². The Balaban J connectivity index is 1.90. The Morgan fingerprint density at radius 3 is 2.85 bits per heavy atom. The third-order valence-electron chi connectivity index (χ3n) is 2.98. The van der Waals surface area contributed by atoms with E-state index in [1.54, 1.807) is 0 Å². The molecule has 1 unspecified atom stereocenters. The first kappa shape index (κ1) is 15.6. The highest BCUT2D eigenvalue weighted by atomic mass is 79.9. The average Bonchev–Trinajstić information content (AvgIpc) is 2.75. The van der Waals surface area contributed by atoms with Crippen LogP contribution in [0.4, 0.5) is 0 Å². The van der Waals surface area contributed by atoms with E-state index in [2.05, 4.69) is 21.2 Å². The minimum absolute atomic E-state index is 0.266. The van der Waals surface area contributed by atoms with Gasteiger partial charge in [-0.2, -0.15) is 0 Å². The molecule has 0 aliphatic carbocycles. The van der Waals surface area contributed by atoms with Gasteiger partial charge in [-0.1, -0.05) is 0 Å². The molecular formula is C14H21BrN2O3. The second-order valence-electron chi connectivity index (χ2n) is 5.65. The quantitative estimate of drug-likeness (QED) is 0.820. The van der Waals surface area contributed by atoms with Crippen molar-refractivity contribution in [2.75, 3.05) is 34.0 Å². The van der Waals surface area contributed by atoms with E-state index in [9.17, 15) is 5.11 Å². The van der Waals surface area contributed by atoms with Crippen molar-refractivity contribution in [2.24, 2.45) is 0 Å². The number of fused-ring (bicyclic) bond motifs is 1. The number of hydrogen-bond acceptors (Lipinski definition) is 5. The highest BCUT2D eigenvalue weighted by Gasteiger charge is 2.21. The van der Waals surface area contributed by atoms with E-state index in [1.807, 2.05) is 38.1 Å². The highest BCUT2D eigenvalue weighted by molar-refractivity contribution is 9.10. The van der Waals surface area contributed by atoms with Gasteiger partial charge in [-0.05, 0) is 54.6 Å². The Bertz CT molecular complexity index is 478. The zero-order valence-corrected chi connectivity index (χ0v) is 13.7. The molecule has 112 valence electrons. The topological polar surface area (TPSA) is 54.0 Å². The molecule has 0 saturated heterocycles. The van der Waals surface area contributed by atoms with Crippen LogP contribution >= 0.6 is 15.9 Å². The van der Waals surface area contributed by atoms with Gasteiger partial charge in [-0.25, -0.2) is 0 Å². The van der Waals surface area contributed by atoms with Gasteiger partial charge in [0.2, 0.25) is 6.79 Å². The lowest BCUT2D eigenvalue weighted by atomic mass is 10.1. The van der Waals surface area contributed by atoms with Gasteiger partial charge in [-0.15, -0.1) is 0 Å². The number of likely N-dealkylation sites (N-methyl/N-ethyl adjacent to an activating group) is 1. The Morgan fingerprint density at radius 1 is 1.40 bits per heavy atom. The van der Waals surface area contributed by atoms with E-state index in [1.165, 1.54) is 0 Å². The molecule has 0 amide bonds. The van der Waals surface area contributed by atoms with Crippen molar-refractivity contribution >= 4 is 15.9 Å². The van der Waals surface area contributed by atoms with Gasteiger partial charge < -0.3 is 24.8 Å². The van der Waals surface area contributed by atoms with Gasteiger partial charge in [0.15, 0.2) is 11.5 Å². The van der Waals surface area contributed by atoms with Crippen LogP contribution in [0.1, 0.15) is 12.5 Å². The molecule has 0 fully saturated rings. The maximum absolute atomic E-state index is 10.2. The summed E-state index contributed by atoms with van der Waals surface area (Å²) in [4.78, 5) is 1.97. The SMILES string of the molecule is CN(C)CC(C)(O)CNCc1cc(Br)c2c(c1)OCO2. The summed E-state index contributed by atoms with van der Waals surface area (Å²) in [7, 11) is 3.90. The molecular weight excluding hydrogens is 324 g/mol. The van der Waals surface area contributed by atoms with Gasteiger partial charge in [0, 0.05) is 19.6 Å². The minimum Gasteiger partial charge on any atom is -0.454 e. The predicted molar refractivity (Wildman–Crippen MR) is 81.1 cm³/mol. The van der Waals surface area contributed by atoms with Crippen molar-refractivity contribution in [3.63, 3.8) is 0 Å². The number of aliphatic hydroxyl groups is 1. The van der Waals surface area contributed by atoms with E-state index in [0.717, 1.165) is 21.5 Å². The highest BCUT2D eigenvalue weighted by Crippen LogP contribution is 2.39. The average molecular weight is 345 g/mol. The summed E-state index contributed by atoms with van der Waals surface area (Å²) in [6.07, 6.45) is 0. The van der Waals surface area contributed by atoms with Gasteiger partial charge in [0.25, 0.3) is 0 Å². The molecule has 0 radical (unpaired) electrons. The van der Waals surface area contributed by atoms with Gasteiger partial charge in [-0.3, -0.25) is 0 Å². The largest absolute Gasteiger partial charge is 0.454 e. The maximum atomic E-state index is 10.2. The minimum atomic E-state index is -0.753. The zero-order valence-electron chi connectivity index (χ0n) is 12.1. The molecule has 2 rings (SSSR count). The maximum Gasteiger partial charge on any atom is 0.231 e. The van der Waals surface area contributed by atoms with Crippen LogP contribution in [0.3, 0.4) is 0 Å². The molecule has 1 aliphatic heterocycles. The Hall–Kier alpha value is -0.820. The fourth-order valence-corrected chi connectivity index (χ4v) is 2.94. The van der Waals surface area contributed by atoms with E-state index < -0.39 is 5.60 Å².